The maximum absolute atomic E-state index is 12.9. The van der Waals surface area contributed by atoms with Gasteiger partial charge in [-0.25, -0.2) is 4.98 Å². The molecule has 6 nitrogen and oxygen atoms in total. The van der Waals surface area contributed by atoms with E-state index in [0.717, 1.165) is 17.9 Å². The van der Waals surface area contributed by atoms with Crippen LogP contribution in [0.4, 0.5) is 18.9 Å². The minimum absolute atomic E-state index is 0.0286. The van der Waals surface area contributed by atoms with Crippen molar-refractivity contribution in [2.45, 2.75) is 19.5 Å². The van der Waals surface area contributed by atoms with E-state index in [4.69, 9.17) is 16.0 Å². The molecule has 0 radical (unpaired) electrons. The molecule has 2 heterocycles. The van der Waals surface area contributed by atoms with Gasteiger partial charge in [0.1, 0.15) is 5.76 Å². The Labute approximate surface area is 184 Å². The number of likely N-dealkylation sites (N-methyl/N-ethyl adjacent to an activating group) is 1. The number of aromatic nitrogens is 1. The number of nitrogens with zero attached hydrogens (tertiary/aromatic N) is 2. The van der Waals surface area contributed by atoms with Gasteiger partial charge in [0.25, 0.3) is 0 Å². The molecule has 0 aliphatic rings. The third kappa shape index (κ3) is 5.86. The predicted molar refractivity (Wildman–Crippen MR) is 111 cm³/mol. The number of hydrogen-bond acceptors (Lipinski definition) is 5. The zero-order valence-corrected chi connectivity index (χ0v) is 18.0. The highest BCUT2D eigenvalue weighted by Crippen LogP contribution is 2.36. The maximum Gasteiger partial charge on any atom is 0.417 e. The Morgan fingerprint density at radius 3 is 2.65 bits per heavy atom. The summed E-state index contributed by atoms with van der Waals surface area (Å²) in [6, 6.07) is 6.65. The number of aryl methyl sites for hydroxylation is 1. The number of benzene rings is 1. The summed E-state index contributed by atoms with van der Waals surface area (Å²) in [5, 5.41) is 4.24. The third-order valence-corrected chi connectivity index (χ3v) is 5.43. The minimum Gasteiger partial charge on any atom is -0.459 e. The van der Waals surface area contributed by atoms with E-state index in [-0.39, 0.29) is 24.6 Å². The third-order valence-electron chi connectivity index (χ3n) is 4.20. The van der Waals surface area contributed by atoms with E-state index in [0.29, 0.717) is 16.5 Å². The van der Waals surface area contributed by atoms with E-state index in [1.165, 1.54) is 29.4 Å². The second kappa shape index (κ2) is 9.11. The summed E-state index contributed by atoms with van der Waals surface area (Å²) in [7, 11) is 1.42. The monoisotopic (exact) mass is 471 g/mol. The van der Waals surface area contributed by atoms with Gasteiger partial charge in [-0.15, -0.1) is 11.3 Å². The SMILES string of the molecule is Cc1ccc(-c2nc(CC(=O)N(C)CC(=O)Nc3ccc(Cl)c(C(F)(F)F)c3)cs2)o1. The van der Waals surface area contributed by atoms with Gasteiger partial charge in [0.15, 0.2) is 10.8 Å². The molecule has 0 aliphatic carbocycles. The van der Waals surface area contributed by atoms with Crippen LogP contribution >= 0.6 is 22.9 Å². The van der Waals surface area contributed by atoms with Crippen molar-refractivity contribution in [1.82, 2.24) is 9.88 Å². The Balaban J connectivity index is 1.57. The number of rotatable bonds is 6. The van der Waals surface area contributed by atoms with Crippen molar-refractivity contribution in [2.75, 3.05) is 18.9 Å². The van der Waals surface area contributed by atoms with Crippen LogP contribution in [-0.4, -0.2) is 35.3 Å². The predicted octanol–water partition coefficient (Wildman–Crippen LogP) is 5.02. The lowest BCUT2D eigenvalue weighted by Crippen LogP contribution is -2.35. The molecule has 11 heteroatoms. The lowest BCUT2D eigenvalue weighted by atomic mass is 10.2. The van der Waals surface area contributed by atoms with E-state index < -0.39 is 22.7 Å². The van der Waals surface area contributed by atoms with Crippen molar-refractivity contribution in [3.63, 3.8) is 0 Å². The number of amides is 2. The molecule has 0 aliphatic heterocycles. The van der Waals surface area contributed by atoms with Gasteiger partial charge in [-0.3, -0.25) is 9.59 Å². The molecule has 1 N–H and O–H groups in total. The molecule has 3 rings (SSSR count). The highest BCUT2D eigenvalue weighted by molar-refractivity contribution is 7.13. The summed E-state index contributed by atoms with van der Waals surface area (Å²) in [5.41, 5.74) is -0.596. The number of nitrogens with one attached hydrogen (secondary N) is 1. The number of carbonyl (C=O) groups excluding carboxylic acids is 2. The summed E-state index contributed by atoms with van der Waals surface area (Å²) in [6.45, 7) is 1.48. The lowest BCUT2D eigenvalue weighted by molar-refractivity contribution is -0.137. The molecule has 0 atom stereocenters. The Morgan fingerprint density at radius 1 is 1.26 bits per heavy atom. The molecule has 164 valence electrons. The highest BCUT2D eigenvalue weighted by Gasteiger charge is 2.33. The number of thiazole rings is 1. The van der Waals surface area contributed by atoms with Crippen molar-refractivity contribution in [2.24, 2.45) is 0 Å². The van der Waals surface area contributed by atoms with Crippen molar-refractivity contribution in [3.8, 4) is 10.8 Å². The molecular formula is C20H17ClF3N3O3S. The Kier molecular flexibility index (Phi) is 6.71. The molecule has 31 heavy (non-hydrogen) atoms. The molecular weight excluding hydrogens is 455 g/mol. The van der Waals surface area contributed by atoms with Gasteiger partial charge in [-0.1, -0.05) is 11.6 Å². The van der Waals surface area contributed by atoms with Crippen LogP contribution in [0.1, 0.15) is 17.0 Å². The van der Waals surface area contributed by atoms with Crippen LogP contribution in [0.5, 0.6) is 0 Å². The average molecular weight is 472 g/mol. The van der Waals surface area contributed by atoms with Gasteiger partial charge in [0.2, 0.25) is 11.8 Å². The van der Waals surface area contributed by atoms with E-state index in [2.05, 4.69) is 10.3 Å². The fourth-order valence-corrected chi connectivity index (χ4v) is 3.67. The van der Waals surface area contributed by atoms with E-state index in [9.17, 15) is 22.8 Å². The summed E-state index contributed by atoms with van der Waals surface area (Å²) in [5.74, 6) is 0.345. The second-order valence-corrected chi connectivity index (χ2v) is 7.99. The van der Waals surface area contributed by atoms with Crippen LogP contribution in [0.15, 0.2) is 40.1 Å². The first kappa shape index (κ1) is 22.8. The lowest BCUT2D eigenvalue weighted by Gasteiger charge is -2.17. The Hall–Kier alpha value is -2.85. The Morgan fingerprint density at radius 2 is 2.00 bits per heavy atom. The topological polar surface area (TPSA) is 75.4 Å². The van der Waals surface area contributed by atoms with Gasteiger partial charge in [0.05, 0.1) is 29.2 Å². The first-order valence-electron chi connectivity index (χ1n) is 8.94. The van der Waals surface area contributed by atoms with Gasteiger partial charge in [-0.05, 0) is 37.3 Å². The number of alkyl halides is 3. The summed E-state index contributed by atoms with van der Waals surface area (Å²) < 4.78 is 44.3. The largest absolute Gasteiger partial charge is 0.459 e. The van der Waals surface area contributed by atoms with Crippen molar-refractivity contribution in [3.05, 3.63) is 57.8 Å². The molecule has 0 fully saturated rings. The highest BCUT2D eigenvalue weighted by atomic mass is 35.5. The molecule has 0 saturated carbocycles. The number of carbonyl (C=O) groups is 2. The molecule has 0 saturated heterocycles. The molecule has 2 aromatic heterocycles. The summed E-state index contributed by atoms with van der Waals surface area (Å²) in [4.78, 5) is 30.1. The van der Waals surface area contributed by atoms with Crippen molar-refractivity contribution < 1.29 is 27.2 Å². The van der Waals surface area contributed by atoms with Crippen LogP contribution in [0.3, 0.4) is 0 Å². The van der Waals surface area contributed by atoms with Crippen LogP contribution in [0.2, 0.25) is 5.02 Å². The first-order chi connectivity index (χ1) is 14.5. The standard InChI is InChI=1S/C20H17ClF3N3O3S/c1-11-3-6-16(30-11)19-26-13(10-31-19)8-18(29)27(2)9-17(28)25-12-4-5-15(21)14(7-12)20(22,23)24/h3-7,10H,8-9H2,1-2H3,(H,25,28). The zero-order chi connectivity index (χ0) is 22.8. The van der Waals surface area contributed by atoms with Crippen molar-refractivity contribution in [1.29, 1.82) is 0 Å². The number of anilines is 1. The van der Waals surface area contributed by atoms with Gasteiger partial charge in [-0.2, -0.15) is 13.2 Å². The zero-order valence-electron chi connectivity index (χ0n) is 16.4. The maximum atomic E-state index is 12.9. The van der Waals surface area contributed by atoms with E-state index >= 15 is 0 Å². The molecule has 2 amide bonds. The van der Waals surface area contributed by atoms with Crippen LogP contribution in [0.25, 0.3) is 10.8 Å². The second-order valence-electron chi connectivity index (χ2n) is 6.72. The fraction of sp³-hybridized carbons (Fsp3) is 0.250. The van der Waals surface area contributed by atoms with E-state index in [1.54, 1.807) is 11.4 Å². The normalized spacial score (nSPS) is 11.4. The number of halogens is 4. The molecule has 0 bridgehead atoms. The number of hydrogen-bond donors (Lipinski definition) is 1. The van der Waals surface area contributed by atoms with Crippen LogP contribution in [-0.2, 0) is 22.2 Å². The summed E-state index contributed by atoms with van der Waals surface area (Å²) >= 11 is 6.90. The van der Waals surface area contributed by atoms with Crippen LogP contribution < -0.4 is 5.32 Å². The van der Waals surface area contributed by atoms with Gasteiger partial charge in [0, 0.05) is 18.1 Å². The number of furan rings is 1. The smallest absolute Gasteiger partial charge is 0.417 e. The molecule has 1 aromatic carbocycles. The first-order valence-corrected chi connectivity index (χ1v) is 10.2. The van der Waals surface area contributed by atoms with Crippen molar-refractivity contribution >= 4 is 40.4 Å². The minimum atomic E-state index is -4.65. The quantitative estimate of drug-likeness (QED) is 0.547. The average Bonchev–Trinajstić information content (AvgIpc) is 3.31. The summed E-state index contributed by atoms with van der Waals surface area (Å²) in [6.07, 6.45) is -4.68. The Bertz CT molecular complexity index is 1110. The molecule has 0 spiro atoms. The molecule has 3 aromatic rings. The van der Waals surface area contributed by atoms with Gasteiger partial charge >= 0.3 is 6.18 Å². The van der Waals surface area contributed by atoms with Gasteiger partial charge < -0.3 is 14.6 Å². The van der Waals surface area contributed by atoms with Crippen LogP contribution in [0, 0.1) is 6.92 Å². The molecule has 0 unspecified atom stereocenters. The van der Waals surface area contributed by atoms with E-state index in [1.807, 2.05) is 13.0 Å². The fourth-order valence-electron chi connectivity index (χ4n) is 2.67.